The second-order valence-electron chi connectivity index (χ2n) is 4.89. The van der Waals surface area contributed by atoms with Crippen LogP contribution in [0, 0.1) is 5.82 Å². The maximum atomic E-state index is 14.0. The molecule has 0 atom stereocenters. The molecule has 0 fully saturated rings. The summed E-state index contributed by atoms with van der Waals surface area (Å²) in [6, 6.07) is 11.5. The molecule has 0 radical (unpaired) electrons. The van der Waals surface area contributed by atoms with Gasteiger partial charge in [0.15, 0.2) is 5.82 Å². The first-order valence-corrected chi connectivity index (χ1v) is 9.28. The van der Waals surface area contributed by atoms with Gasteiger partial charge in [0.2, 0.25) is 10.0 Å². The molecule has 0 saturated heterocycles. The third-order valence-corrected chi connectivity index (χ3v) is 6.43. The molecule has 8 heteroatoms. The molecular formula is C15H12ClFN2O2S2. The predicted molar refractivity (Wildman–Crippen MR) is 89.7 cm³/mol. The first kappa shape index (κ1) is 16.3. The lowest BCUT2D eigenvalue weighted by Crippen LogP contribution is -2.27. The van der Waals surface area contributed by atoms with E-state index in [2.05, 4.69) is 4.98 Å². The van der Waals surface area contributed by atoms with Crippen LogP contribution in [0.5, 0.6) is 0 Å². The average Bonchev–Trinajstić information content (AvgIpc) is 2.92. The Hall–Kier alpha value is -1.54. The molecule has 0 spiro atoms. The van der Waals surface area contributed by atoms with Gasteiger partial charge in [-0.1, -0.05) is 29.8 Å². The van der Waals surface area contributed by atoms with Crippen LogP contribution in [0.1, 0.15) is 5.01 Å². The highest BCUT2D eigenvalue weighted by molar-refractivity contribution is 7.89. The minimum Gasteiger partial charge on any atom is -0.240 e. The van der Waals surface area contributed by atoms with Gasteiger partial charge >= 0.3 is 0 Å². The average molecular weight is 371 g/mol. The SMILES string of the molecule is CN(Cc1nc2ccccc2s1)S(=O)(=O)c1cccc(Cl)c1F. The van der Waals surface area contributed by atoms with Crippen molar-refractivity contribution in [3.63, 3.8) is 0 Å². The molecule has 1 heterocycles. The zero-order chi connectivity index (χ0) is 16.6. The van der Waals surface area contributed by atoms with Crippen LogP contribution in [0.15, 0.2) is 47.4 Å². The Bertz CT molecular complexity index is 940. The first-order chi connectivity index (χ1) is 10.9. The van der Waals surface area contributed by atoms with Crippen LogP contribution in [0.25, 0.3) is 10.2 Å². The Labute approximate surface area is 142 Å². The molecule has 3 rings (SSSR count). The van der Waals surface area contributed by atoms with Crippen molar-refractivity contribution in [3.05, 3.63) is 58.3 Å². The van der Waals surface area contributed by atoms with Gasteiger partial charge in [-0.2, -0.15) is 4.31 Å². The number of benzene rings is 2. The largest absolute Gasteiger partial charge is 0.246 e. The van der Waals surface area contributed by atoms with Gasteiger partial charge in [0.1, 0.15) is 9.90 Å². The van der Waals surface area contributed by atoms with E-state index in [4.69, 9.17) is 11.6 Å². The Balaban J connectivity index is 1.92. The van der Waals surface area contributed by atoms with Gasteiger partial charge in [-0.25, -0.2) is 17.8 Å². The number of fused-ring (bicyclic) bond motifs is 1. The van der Waals surface area contributed by atoms with Gasteiger partial charge in [0, 0.05) is 7.05 Å². The highest BCUT2D eigenvalue weighted by Gasteiger charge is 2.26. The number of para-hydroxylation sites is 1. The van der Waals surface area contributed by atoms with Crippen LogP contribution in [-0.2, 0) is 16.6 Å². The second-order valence-corrected chi connectivity index (χ2v) is 8.42. The number of aromatic nitrogens is 1. The highest BCUT2D eigenvalue weighted by atomic mass is 35.5. The van der Waals surface area contributed by atoms with Gasteiger partial charge in [-0.05, 0) is 24.3 Å². The molecule has 0 bridgehead atoms. The van der Waals surface area contributed by atoms with Gasteiger partial charge in [-0.3, -0.25) is 0 Å². The van der Waals surface area contributed by atoms with E-state index < -0.39 is 20.7 Å². The molecule has 0 amide bonds. The van der Waals surface area contributed by atoms with Crippen LogP contribution >= 0.6 is 22.9 Å². The topological polar surface area (TPSA) is 50.3 Å². The molecule has 0 aliphatic heterocycles. The minimum absolute atomic E-state index is 0.0631. The summed E-state index contributed by atoms with van der Waals surface area (Å²) in [6.07, 6.45) is 0. The summed E-state index contributed by atoms with van der Waals surface area (Å²) in [5, 5.41) is 0.416. The van der Waals surface area contributed by atoms with E-state index in [1.54, 1.807) is 0 Å². The summed E-state index contributed by atoms with van der Waals surface area (Å²) in [7, 11) is -2.60. The molecule has 0 aliphatic rings. The van der Waals surface area contributed by atoms with Crippen LogP contribution in [0.4, 0.5) is 4.39 Å². The molecule has 1 aromatic heterocycles. The Morgan fingerprint density at radius 1 is 1.22 bits per heavy atom. The number of sulfonamides is 1. The number of halogens is 2. The van der Waals surface area contributed by atoms with Crippen LogP contribution in [-0.4, -0.2) is 24.8 Å². The van der Waals surface area contributed by atoms with Crippen molar-refractivity contribution in [2.24, 2.45) is 0 Å². The fourth-order valence-corrected chi connectivity index (χ4v) is 4.66. The maximum Gasteiger partial charge on any atom is 0.246 e. The Kier molecular flexibility index (Phi) is 4.37. The Morgan fingerprint density at radius 2 is 1.96 bits per heavy atom. The van der Waals surface area contributed by atoms with Crippen molar-refractivity contribution in [1.29, 1.82) is 0 Å². The lowest BCUT2D eigenvalue weighted by Gasteiger charge is -2.16. The second kappa shape index (κ2) is 6.16. The summed E-state index contributed by atoms with van der Waals surface area (Å²) in [5.74, 6) is -0.940. The molecule has 0 aliphatic carbocycles. The van der Waals surface area contributed by atoms with Crippen molar-refractivity contribution in [2.45, 2.75) is 11.4 Å². The van der Waals surface area contributed by atoms with Gasteiger partial charge < -0.3 is 0 Å². The summed E-state index contributed by atoms with van der Waals surface area (Å²) < 4.78 is 41.1. The quantitative estimate of drug-likeness (QED) is 0.699. The summed E-state index contributed by atoms with van der Waals surface area (Å²) in [6.45, 7) is 0.0631. The zero-order valence-corrected chi connectivity index (χ0v) is 14.4. The molecule has 23 heavy (non-hydrogen) atoms. The number of nitrogens with zero attached hydrogens (tertiary/aromatic N) is 2. The number of hydrogen-bond acceptors (Lipinski definition) is 4. The van der Waals surface area contributed by atoms with E-state index in [0.717, 1.165) is 14.5 Å². The summed E-state index contributed by atoms with van der Waals surface area (Å²) in [5.41, 5.74) is 0.812. The zero-order valence-electron chi connectivity index (χ0n) is 12.0. The molecule has 120 valence electrons. The maximum absolute atomic E-state index is 14.0. The van der Waals surface area contributed by atoms with Crippen molar-refractivity contribution in [1.82, 2.24) is 9.29 Å². The van der Waals surface area contributed by atoms with E-state index in [-0.39, 0.29) is 11.6 Å². The normalized spacial score (nSPS) is 12.2. The third kappa shape index (κ3) is 3.10. The van der Waals surface area contributed by atoms with E-state index in [1.165, 1.54) is 36.6 Å². The van der Waals surface area contributed by atoms with E-state index >= 15 is 0 Å². The fraction of sp³-hybridized carbons (Fsp3) is 0.133. The molecule has 3 aromatic rings. The minimum atomic E-state index is -3.99. The van der Waals surface area contributed by atoms with E-state index in [1.807, 2.05) is 24.3 Å². The number of rotatable bonds is 4. The molecule has 0 unspecified atom stereocenters. The number of hydrogen-bond donors (Lipinski definition) is 0. The Morgan fingerprint density at radius 3 is 2.70 bits per heavy atom. The van der Waals surface area contributed by atoms with E-state index in [9.17, 15) is 12.8 Å². The van der Waals surface area contributed by atoms with Crippen LogP contribution in [0.3, 0.4) is 0 Å². The standard InChI is InChI=1S/C15H12ClFN2O2S2/c1-19(9-14-18-11-6-2-3-7-12(11)22-14)23(20,21)13-8-4-5-10(16)15(13)17/h2-8H,9H2,1H3. The monoisotopic (exact) mass is 370 g/mol. The molecule has 0 N–H and O–H groups in total. The smallest absolute Gasteiger partial charge is 0.240 e. The molecule has 2 aromatic carbocycles. The lowest BCUT2D eigenvalue weighted by molar-refractivity contribution is 0.459. The van der Waals surface area contributed by atoms with Crippen LogP contribution < -0.4 is 0 Å². The van der Waals surface area contributed by atoms with Crippen LogP contribution in [0.2, 0.25) is 5.02 Å². The van der Waals surface area contributed by atoms with Crippen molar-refractivity contribution in [3.8, 4) is 0 Å². The lowest BCUT2D eigenvalue weighted by atomic mass is 10.3. The molecule has 0 saturated carbocycles. The third-order valence-electron chi connectivity index (χ3n) is 3.30. The summed E-state index contributed by atoms with van der Waals surface area (Å²) >= 11 is 7.08. The van der Waals surface area contributed by atoms with Gasteiger partial charge in [0.05, 0.1) is 21.8 Å². The van der Waals surface area contributed by atoms with Crippen molar-refractivity contribution >= 4 is 43.2 Å². The molecular weight excluding hydrogens is 359 g/mol. The van der Waals surface area contributed by atoms with Crippen molar-refractivity contribution < 1.29 is 12.8 Å². The molecule has 4 nitrogen and oxygen atoms in total. The fourth-order valence-electron chi connectivity index (χ4n) is 2.11. The summed E-state index contributed by atoms with van der Waals surface area (Å²) in [4.78, 5) is 3.96. The van der Waals surface area contributed by atoms with Crippen molar-refractivity contribution in [2.75, 3.05) is 7.05 Å². The van der Waals surface area contributed by atoms with Gasteiger partial charge in [0.25, 0.3) is 0 Å². The predicted octanol–water partition coefficient (Wildman–Crippen LogP) is 3.91. The highest BCUT2D eigenvalue weighted by Crippen LogP contribution is 2.27. The first-order valence-electron chi connectivity index (χ1n) is 6.64. The van der Waals surface area contributed by atoms with E-state index in [0.29, 0.717) is 5.01 Å². The van der Waals surface area contributed by atoms with Gasteiger partial charge in [-0.15, -0.1) is 11.3 Å². The number of thiazole rings is 1.